The van der Waals surface area contributed by atoms with Gasteiger partial charge >= 0.3 is 0 Å². The van der Waals surface area contributed by atoms with Crippen LogP contribution in [0.5, 0.6) is 0 Å². The molecule has 124 valence electrons. The highest BCUT2D eigenvalue weighted by Crippen LogP contribution is 2.29. The predicted molar refractivity (Wildman–Crippen MR) is 91.0 cm³/mol. The van der Waals surface area contributed by atoms with Crippen molar-refractivity contribution in [3.05, 3.63) is 65.0 Å². The van der Waals surface area contributed by atoms with E-state index in [4.69, 9.17) is 5.26 Å². The quantitative estimate of drug-likeness (QED) is 0.865. The fraction of sp³-hybridized carbons (Fsp3) is 0.250. The van der Waals surface area contributed by atoms with Gasteiger partial charge in [0.15, 0.2) is 0 Å². The molecule has 4 nitrogen and oxygen atoms in total. The first kappa shape index (κ1) is 16.7. The highest BCUT2D eigenvalue weighted by molar-refractivity contribution is 5.97. The normalized spacial score (nSPS) is 14.1. The maximum Gasteiger partial charge on any atom is 0.244 e. The Morgan fingerprint density at radius 2 is 1.96 bits per heavy atom. The topological polar surface area (TPSA) is 67.9 Å². The summed E-state index contributed by atoms with van der Waals surface area (Å²) in [5, 5.41) is 18.3. The molecule has 0 saturated heterocycles. The second kappa shape index (κ2) is 7.15. The first-order valence-corrected chi connectivity index (χ1v) is 8.11. The second-order valence-electron chi connectivity index (χ2n) is 6.06. The summed E-state index contributed by atoms with van der Waals surface area (Å²) in [5.41, 5.74) is 2.84. The molecule has 0 aromatic heterocycles. The highest BCUT2D eigenvalue weighted by atomic mass is 19.1. The maximum atomic E-state index is 13.6. The molecular formula is C20H16FN3O. The third kappa shape index (κ3) is 3.51. The van der Waals surface area contributed by atoms with Gasteiger partial charge in [-0.05, 0) is 54.7 Å². The Hall–Kier alpha value is -3.18. The van der Waals surface area contributed by atoms with Crippen molar-refractivity contribution in [1.82, 2.24) is 0 Å². The fourth-order valence-electron chi connectivity index (χ4n) is 3.10. The zero-order valence-electron chi connectivity index (χ0n) is 13.6. The Kier molecular flexibility index (Phi) is 4.77. The maximum absolute atomic E-state index is 13.6. The van der Waals surface area contributed by atoms with E-state index < -0.39 is 5.92 Å². The number of carbonyl (C=O) groups excluding carboxylic acids is 1. The number of rotatable bonds is 3. The standard InChI is InChI=1S/C20H16FN3O/c21-18-8-7-16-2-1-9-24(19(16)11-18)20(25)17(13-23)10-14-3-5-15(12-22)6-4-14/h3-8,11,17H,1-2,9-10H2/t17-/m0/s1. The lowest BCUT2D eigenvalue weighted by molar-refractivity contribution is -0.120. The minimum atomic E-state index is -0.845. The monoisotopic (exact) mass is 333 g/mol. The molecule has 0 radical (unpaired) electrons. The molecule has 0 aliphatic carbocycles. The fourth-order valence-corrected chi connectivity index (χ4v) is 3.10. The summed E-state index contributed by atoms with van der Waals surface area (Å²) in [6.45, 7) is 0.487. The van der Waals surface area contributed by atoms with Gasteiger partial charge in [-0.3, -0.25) is 4.79 Å². The summed E-state index contributed by atoms with van der Waals surface area (Å²) < 4.78 is 13.6. The number of anilines is 1. The summed E-state index contributed by atoms with van der Waals surface area (Å²) in [7, 11) is 0. The van der Waals surface area contributed by atoms with Gasteiger partial charge in [0.05, 0.1) is 17.7 Å². The predicted octanol–water partition coefficient (Wildman–Crippen LogP) is 3.36. The van der Waals surface area contributed by atoms with Crippen LogP contribution in [0.4, 0.5) is 10.1 Å². The van der Waals surface area contributed by atoms with Crippen LogP contribution in [0.15, 0.2) is 42.5 Å². The van der Waals surface area contributed by atoms with E-state index in [0.717, 1.165) is 24.0 Å². The molecule has 0 unspecified atom stereocenters. The van der Waals surface area contributed by atoms with Crippen LogP contribution >= 0.6 is 0 Å². The summed E-state index contributed by atoms with van der Waals surface area (Å²) in [6, 6.07) is 15.4. The number of fused-ring (bicyclic) bond motifs is 1. The van der Waals surface area contributed by atoms with Crippen molar-refractivity contribution in [3.8, 4) is 12.1 Å². The van der Waals surface area contributed by atoms with Crippen molar-refractivity contribution in [2.45, 2.75) is 19.3 Å². The van der Waals surface area contributed by atoms with Crippen LogP contribution in [0.25, 0.3) is 0 Å². The molecule has 1 aliphatic rings. The molecule has 2 aromatic carbocycles. The first-order chi connectivity index (χ1) is 12.1. The second-order valence-corrected chi connectivity index (χ2v) is 6.06. The summed E-state index contributed by atoms with van der Waals surface area (Å²) in [4.78, 5) is 14.4. The van der Waals surface area contributed by atoms with Crippen molar-refractivity contribution in [1.29, 1.82) is 10.5 Å². The zero-order valence-corrected chi connectivity index (χ0v) is 13.6. The number of aryl methyl sites for hydroxylation is 1. The van der Waals surface area contributed by atoms with Crippen molar-refractivity contribution in [2.24, 2.45) is 5.92 Å². The average Bonchev–Trinajstić information content (AvgIpc) is 2.65. The smallest absolute Gasteiger partial charge is 0.244 e. The van der Waals surface area contributed by atoms with E-state index >= 15 is 0 Å². The largest absolute Gasteiger partial charge is 0.311 e. The minimum Gasteiger partial charge on any atom is -0.311 e. The lowest BCUT2D eigenvalue weighted by Crippen LogP contribution is -2.40. The molecule has 1 amide bonds. The van der Waals surface area contributed by atoms with E-state index in [9.17, 15) is 14.4 Å². The zero-order chi connectivity index (χ0) is 17.8. The van der Waals surface area contributed by atoms with E-state index in [-0.39, 0.29) is 18.1 Å². The number of carbonyl (C=O) groups is 1. The number of nitrogens with zero attached hydrogens (tertiary/aromatic N) is 3. The Bertz CT molecular complexity index is 877. The van der Waals surface area contributed by atoms with Gasteiger partial charge in [0.2, 0.25) is 5.91 Å². The molecule has 3 rings (SSSR count). The highest BCUT2D eigenvalue weighted by Gasteiger charge is 2.29. The van der Waals surface area contributed by atoms with E-state index in [0.29, 0.717) is 17.8 Å². The van der Waals surface area contributed by atoms with Gasteiger partial charge in [0.1, 0.15) is 11.7 Å². The Labute approximate surface area is 145 Å². The molecule has 1 aliphatic heterocycles. The van der Waals surface area contributed by atoms with Gasteiger partial charge in [-0.25, -0.2) is 4.39 Å². The summed E-state index contributed by atoms with van der Waals surface area (Å²) in [6.07, 6.45) is 1.85. The van der Waals surface area contributed by atoms with Crippen LogP contribution < -0.4 is 4.90 Å². The number of benzene rings is 2. The molecule has 25 heavy (non-hydrogen) atoms. The van der Waals surface area contributed by atoms with Crippen molar-refractivity contribution in [2.75, 3.05) is 11.4 Å². The molecular weight excluding hydrogens is 317 g/mol. The van der Waals surface area contributed by atoms with Crippen molar-refractivity contribution in [3.63, 3.8) is 0 Å². The molecule has 0 N–H and O–H groups in total. The van der Waals surface area contributed by atoms with Crippen molar-refractivity contribution < 1.29 is 9.18 Å². The molecule has 0 bridgehead atoms. The molecule has 0 saturated carbocycles. The van der Waals surface area contributed by atoms with Crippen LogP contribution in [0.2, 0.25) is 0 Å². The SMILES string of the molecule is N#Cc1ccc(C[C@@H](C#N)C(=O)N2CCCc3ccc(F)cc32)cc1. The average molecular weight is 333 g/mol. The third-order valence-electron chi connectivity index (χ3n) is 4.41. The van der Waals surface area contributed by atoms with Crippen molar-refractivity contribution >= 4 is 11.6 Å². The number of hydrogen-bond donors (Lipinski definition) is 0. The van der Waals surface area contributed by atoms with E-state index in [1.165, 1.54) is 17.0 Å². The van der Waals surface area contributed by atoms with E-state index in [2.05, 4.69) is 6.07 Å². The number of hydrogen-bond acceptors (Lipinski definition) is 3. The first-order valence-electron chi connectivity index (χ1n) is 8.11. The van der Waals surface area contributed by atoms with Gasteiger partial charge in [-0.2, -0.15) is 10.5 Å². The van der Waals surface area contributed by atoms with Gasteiger partial charge in [-0.15, -0.1) is 0 Å². The Morgan fingerprint density at radius 3 is 2.64 bits per heavy atom. The van der Waals surface area contributed by atoms with Gasteiger partial charge < -0.3 is 4.90 Å². The van der Waals surface area contributed by atoms with Crippen LogP contribution in [0, 0.1) is 34.4 Å². The van der Waals surface area contributed by atoms with Gasteiger partial charge in [0.25, 0.3) is 0 Å². The molecule has 2 aromatic rings. The molecule has 0 fully saturated rings. The van der Waals surface area contributed by atoms with Gasteiger partial charge in [-0.1, -0.05) is 18.2 Å². The number of nitriles is 2. The molecule has 1 atom stereocenters. The lowest BCUT2D eigenvalue weighted by atomic mass is 9.95. The van der Waals surface area contributed by atoms with Crippen LogP contribution in [0.3, 0.4) is 0 Å². The van der Waals surface area contributed by atoms with Crippen LogP contribution in [-0.2, 0) is 17.6 Å². The molecule has 5 heteroatoms. The van der Waals surface area contributed by atoms with E-state index in [1.807, 2.05) is 6.07 Å². The molecule has 0 spiro atoms. The molecule has 1 heterocycles. The lowest BCUT2D eigenvalue weighted by Gasteiger charge is -2.31. The van der Waals surface area contributed by atoms with Crippen LogP contribution in [-0.4, -0.2) is 12.5 Å². The Morgan fingerprint density at radius 1 is 1.20 bits per heavy atom. The van der Waals surface area contributed by atoms with E-state index in [1.54, 1.807) is 30.3 Å². The summed E-state index contributed by atoms with van der Waals surface area (Å²) >= 11 is 0. The summed E-state index contributed by atoms with van der Waals surface area (Å²) in [5.74, 6) is -1.54. The third-order valence-corrected chi connectivity index (χ3v) is 4.41. The Balaban J connectivity index is 1.83. The van der Waals surface area contributed by atoms with Crippen LogP contribution in [0.1, 0.15) is 23.1 Å². The van der Waals surface area contributed by atoms with Gasteiger partial charge in [0, 0.05) is 12.2 Å². The minimum absolute atomic E-state index is 0.266. The number of halogens is 1. The number of amides is 1.